The summed E-state index contributed by atoms with van der Waals surface area (Å²) in [6, 6.07) is 9.44. The molecule has 0 atom stereocenters. The fraction of sp³-hybridized carbons (Fsp3) is 0.188. The molecule has 5 heteroatoms. The number of ether oxygens (including phenoxy) is 2. The molecule has 0 saturated carbocycles. The van der Waals surface area contributed by atoms with Gasteiger partial charge < -0.3 is 14.6 Å². The zero-order chi connectivity index (χ0) is 15.1. The molecule has 1 N–H and O–H groups in total. The smallest absolute Gasteiger partial charge is 0.328 e. The van der Waals surface area contributed by atoms with Crippen LogP contribution in [0.4, 0.5) is 0 Å². The Labute approximate surface area is 127 Å². The number of thiophene rings is 1. The van der Waals surface area contributed by atoms with E-state index >= 15 is 0 Å². The number of carboxylic acid groups (broad SMARTS) is 1. The van der Waals surface area contributed by atoms with Crippen molar-refractivity contribution < 1.29 is 19.4 Å². The van der Waals surface area contributed by atoms with E-state index in [0.717, 1.165) is 12.5 Å². The zero-order valence-corrected chi connectivity index (χ0v) is 12.4. The minimum Gasteiger partial charge on any atom is -0.493 e. The summed E-state index contributed by atoms with van der Waals surface area (Å²) in [5.74, 6) is 0.158. The summed E-state index contributed by atoms with van der Waals surface area (Å²) in [5.41, 5.74) is 0.683. The van der Waals surface area contributed by atoms with Gasteiger partial charge in [0.1, 0.15) is 0 Å². The summed E-state index contributed by atoms with van der Waals surface area (Å²) in [7, 11) is 1.56. The molecule has 1 aromatic carbocycles. The highest BCUT2D eigenvalue weighted by atomic mass is 32.1. The molecule has 2 rings (SSSR count). The van der Waals surface area contributed by atoms with E-state index in [1.165, 1.54) is 11.0 Å². The van der Waals surface area contributed by atoms with Crippen molar-refractivity contribution in [3.8, 4) is 11.5 Å². The first-order valence-electron chi connectivity index (χ1n) is 6.44. The molecule has 0 aliphatic rings. The third kappa shape index (κ3) is 4.36. The van der Waals surface area contributed by atoms with Gasteiger partial charge in [0.15, 0.2) is 11.5 Å². The molecule has 0 aliphatic heterocycles. The van der Waals surface area contributed by atoms with Gasteiger partial charge in [-0.1, -0.05) is 18.2 Å². The van der Waals surface area contributed by atoms with Crippen molar-refractivity contribution >= 4 is 23.4 Å². The molecule has 0 radical (unpaired) electrons. The van der Waals surface area contributed by atoms with Gasteiger partial charge in [0.25, 0.3) is 0 Å². The Kier molecular flexibility index (Phi) is 5.40. The summed E-state index contributed by atoms with van der Waals surface area (Å²) in [5, 5.41) is 10.8. The maximum atomic E-state index is 10.7. The standard InChI is InChI=1S/C16H16O4S/c1-19-14-6-2-4-12(7-8-15(17)18)16(14)20-10-9-13-5-3-11-21-13/h2-8,11H,9-10H2,1H3,(H,17,18). The van der Waals surface area contributed by atoms with Gasteiger partial charge in [-0.05, 0) is 23.6 Å². The maximum Gasteiger partial charge on any atom is 0.328 e. The van der Waals surface area contributed by atoms with Crippen LogP contribution in [0.2, 0.25) is 0 Å². The van der Waals surface area contributed by atoms with Gasteiger partial charge in [0, 0.05) is 22.9 Å². The van der Waals surface area contributed by atoms with Gasteiger partial charge in [-0.2, -0.15) is 0 Å². The molecule has 0 amide bonds. The molecule has 4 nitrogen and oxygen atoms in total. The third-order valence-corrected chi connectivity index (χ3v) is 3.75. The minimum atomic E-state index is -0.998. The second-order valence-corrected chi connectivity index (χ2v) is 5.26. The highest BCUT2D eigenvalue weighted by Gasteiger charge is 2.09. The SMILES string of the molecule is COc1cccc(C=CC(=O)O)c1OCCc1cccs1. The molecular formula is C16H16O4S. The maximum absolute atomic E-state index is 10.7. The van der Waals surface area contributed by atoms with E-state index in [-0.39, 0.29) is 0 Å². The number of carbonyl (C=O) groups is 1. The van der Waals surface area contributed by atoms with E-state index in [1.54, 1.807) is 36.6 Å². The van der Waals surface area contributed by atoms with Gasteiger partial charge in [-0.3, -0.25) is 0 Å². The molecule has 1 heterocycles. The van der Waals surface area contributed by atoms with E-state index in [0.29, 0.717) is 23.7 Å². The Hall–Kier alpha value is -2.27. The van der Waals surface area contributed by atoms with Gasteiger partial charge >= 0.3 is 5.97 Å². The van der Waals surface area contributed by atoms with E-state index in [9.17, 15) is 4.79 Å². The molecule has 0 aliphatic carbocycles. The largest absolute Gasteiger partial charge is 0.493 e. The monoisotopic (exact) mass is 304 g/mol. The zero-order valence-electron chi connectivity index (χ0n) is 11.6. The molecule has 0 fully saturated rings. The molecule has 2 aromatic rings. The van der Waals surface area contributed by atoms with E-state index < -0.39 is 5.97 Å². The molecular weight excluding hydrogens is 288 g/mol. The minimum absolute atomic E-state index is 0.509. The van der Waals surface area contributed by atoms with Crippen molar-refractivity contribution in [3.63, 3.8) is 0 Å². The molecule has 0 unspecified atom stereocenters. The summed E-state index contributed by atoms with van der Waals surface area (Å²) >= 11 is 1.68. The number of hydrogen-bond donors (Lipinski definition) is 1. The van der Waals surface area contributed by atoms with E-state index in [2.05, 4.69) is 6.07 Å². The van der Waals surface area contributed by atoms with Crippen molar-refractivity contribution in [1.82, 2.24) is 0 Å². The summed E-state index contributed by atoms with van der Waals surface area (Å²) in [6.45, 7) is 0.509. The molecule has 1 aromatic heterocycles. The number of benzene rings is 1. The lowest BCUT2D eigenvalue weighted by molar-refractivity contribution is -0.131. The first kappa shape index (κ1) is 15.1. The van der Waals surface area contributed by atoms with Crippen molar-refractivity contribution in [2.24, 2.45) is 0 Å². The molecule has 110 valence electrons. The van der Waals surface area contributed by atoms with Crippen LogP contribution in [0.5, 0.6) is 11.5 Å². The van der Waals surface area contributed by atoms with E-state index in [1.807, 2.05) is 11.4 Å². The van der Waals surface area contributed by atoms with Crippen LogP contribution in [0.1, 0.15) is 10.4 Å². The summed E-state index contributed by atoms with van der Waals surface area (Å²) in [6.07, 6.45) is 3.39. The number of methoxy groups -OCH3 is 1. The van der Waals surface area contributed by atoms with Crippen LogP contribution in [0, 0.1) is 0 Å². The van der Waals surface area contributed by atoms with E-state index in [4.69, 9.17) is 14.6 Å². The Morgan fingerprint density at radius 1 is 1.33 bits per heavy atom. The van der Waals surface area contributed by atoms with Crippen LogP contribution < -0.4 is 9.47 Å². The topological polar surface area (TPSA) is 55.8 Å². The van der Waals surface area contributed by atoms with Crippen LogP contribution in [-0.2, 0) is 11.2 Å². The highest BCUT2D eigenvalue weighted by Crippen LogP contribution is 2.32. The van der Waals surface area contributed by atoms with Crippen molar-refractivity contribution in [2.45, 2.75) is 6.42 Å². The lowest BCUT2D eigenvalue weighted by Crippen LogP contribution is -2.03. The molecule has 0 spiro atoms. The van der Waals surface area contributed by atoms with Crippen molar-refractivity contribution in [3.05, 3.63) is 52.2 Å². The Balaban J connectivity index is 2.12. The quantitative estimate of drug-likeness (QED) is 0.796. The molecule has 0 saturated heterocycles. The molecule has 0 bridgehead atoms. The lowest BCUT2D eigenvalue weighted by Gasteiger charge is -2.13. The van der Waals surface area contributed by atoms with Gasteiger partial charge in [-0.15, -0.1) is 11.3 Å². The fourth-order valence-corrected chi connectivity index (χ4v) is 2.54. The first-order chi connectivity index (χ1) is 10.2. The van der Waals surface area contributed by atoms with Crippen LogP contribution in [0.25, 0.3) is 6.08 Å². The number of rotatable bonds is 7. The second-order valence-electron chi connectivity index (χ2n) is 4.23. The molecule has 21 heavy (non-hydrogen) atoms. The summed E-state index contributed by atoms with van der Waals surface area (Å²) < 4.78 is 11.1. The second kappa shape index (κ2) is 7.50. The third-order valence-electron chi connectivity index (χ3n) is 2.81. The number of hydrogen-bond acceptors (Lipinski definition) is 4. The number of para-hydroxylation sites is 1. The van der Waals surface area contributed by atoms with Crippen LogP contribution in [0.15, 0.2) is 41.8 Å². The van der Waals surface area contributed by atoms with Crippen molar-refractivity contribution in [2.75, 3.05) is 13.7 Å². The highest BCUT2D eigenvalue weighted by molar-refractivity contribution is 7.09. The van der Waals surface area contributed by atoms with Crippen LogP contribution >= 0.6 is 11.3 Å². The average molecular weight is 304 g/mol. The van der Waals surface area contributed by atoms with Crippen LogP contribution in [0.3, 0.4) is 0 Å². The van der Waals surface area contributed by atoms with Gasteiger partial charge in [0.2, 0.25) is 0 Å². The number of aliphatic carboxylic acids is 1. The normalized spacial score (nSPS) is 10.7. The number of carboxylic acids is 1. The van der Waals surface area contributed by atoms with Gasteiger partial charge in [-0.25, -0.2) is 4.79 Å². The Morgan fingerprint density at radius 2 is 2.19 bits per heavy atom. The fourth-order valence-electron chi connectivity index (χ4n) is 1.85. The Morgan fingerprint density at radius 3 is 2.86 bits per heavy atom. The first-order valence-corrected chi connectivity index (χ1v) is 7.32. The lowest BCUT2D eigenvalue weighted by atomic mass is 10.1. The predicted octanol–water partition coefficient (Wildman–Crippen LogP) is 3.48. The summed E-state index contributed by atoms with van der Waals surface area (Å²) in [4.78, 5) is 11.9. The predicted molar refractivity (Wildman–Crippen MR) is 83.2 cm³/mol. The Bertz CT molecular complexity index is 617. The van der Waals surface area contributed by atoms with Gasteiger partial charge in [0.05, 0.1) is 13.7 Å². The van der Waals surface area contributed by atoms with Crippen molar-refractivity contribution in [1.29, 1.82) is 0 Å². The van der Waals surface area contributed by atoms with Crippen LogP contribution in [-0.4, -0.2) is 24.8 Å². The average Bonchev–Trinajstić information content (AvgIpc) is 2.99.